The van der Waals surface area contributed by atoms with Crippen molar-refractivity contribution in [1.82, 2.24) is 4.90 Å². The number of ether oxygens (including phenoxy) is 1. The third-order valence-electron chi connectivity index (χ3n) is 5.90. The van der Waals surface area contributed by atoms with Gasteiger partial charge in [0.25, 0.3) is 0 Å². The van der Waals surface area contributed by atoms with E-state index in [2.05, 4.69) is 92.9 Å². The van der Waals surface area contributed by atoms with Crippen LogP contribution >= 0.6 is 0 Å². The second-order valence-electron chi connectivity index (χ2n) is 9.98. The minimum Gasteiger partial charge on any atom is -0.381 e. The molecule has 1 unspecified atom stereocenters. The maximum Gasteiger partial charge on any atom is 0.0846 e. The molecule has 0 saturated carbocycles. The van der Waals surface area contributed by atoms with Crippen LogP contribution in [0.25, 0.3) is 0 Å². The first-order chi connectivity index (χ1) is 14.3. The van der Waals surface area contributed by atoms with Gasteiger partial charge in [0.1, 0.15) is 0 Å². The molecule has 0 aliphatic carbocycles. The third-order valence-corrected chi connectivity index (χ3v) is 5.90. The predicted octanol–water partition coefficient (Wildman–Crippen LogP) is 6.18. The molecule has 0 bridgehead atoms. The molecule has 0 amide bonds. The summed E-state index contributed by atoms with van der Waals surface area (Å²) in [5.41, 5.74) is 5.66. The van der Waals surface area contributed by atoms with E-state index in [1.54, 1.807) is 0 Å². The van der Waals surface area contributed by atoms with Crippen LogP contribution in [0.4, 0.5) is 5.69 Å². The molecule has 30 heavy (non-hydrogen) atoms. The zero-order valence-corrected chi connectivity index (χ0v) is 19.7. The Morgan fingerprint density at radius 1 is 0.933 bits per heavy atom. The number of para-hydroxylation sites is 1. The van der Waals surface area contributed by atoms with Gasteiger partial charge in [-0.2, -0.15) is 0 Å². The van der Waals surface area contributed by atoms with Crippen molar-refractivity contribution in [1.29, 1.82) is 0 Å². The van der Waals surface area contributed by atoms with E-state index in [0.29, 0.717) is 6.17 Å². The third kappa shape index (κ3) is 6.33. The maximum atomic E-state index is 6.13. The summed E-state index contributed by atoms with van der Waals surface area (Å²) in [6.45, 7) is 16.1. The molecule has 1 aliphatic heterocycles. The maximum absolute atomic E-state index is 6.13. The SMILES string of the molecule is Cc1cccc(C)c1N(Cc1ccccc1)C(CCOCC(C)(C)C)N1CCCC1. The van der Waals surface area contributed by atoms with E-state index in [4.69, 9.17) is 4.74 Å². The molecule has 1 aliphatic rings. The van der Waals surface area contributed by atoms with Crippen molar-refractivity contribution in [2.24, 2.45) is 5.41 Å². The number of benzene rings is 2. The molecular formula is C27H40N2O. The van der Waals surface area contributed by atoms with E-state index >= 15 is 0 Å². The Bertz CT molecular complexity index is 755. The monoisotopic (exact) mass is 408 g/mol. The minimum absolute atomic E-state index is 0.208. The van der Waals surface area contributed by atoms with Gasteiger partial charge in [-0.15, -0.1) is 0 Å². The average Bonchev–Trinajstić information content (AvgIpc) is 3.22. The van der Waals surface area contributed by atoms with Crippen molar-refractivity contribution < 1.29 is 4.74 Å². The Kier molecular flexibility index (Phi) is 7.96. The summed E-state index contributed by atoms with van der Waals surface area (Å²) in [4.78, 5) is 5.32. The van der Waals surface area contributed by atoms with E-state index in [1.807, 2.05) is 0 Å². The highest BCUT2D eigenvalue weighted by Gasteiger charge is 2.29. The highest BCUT2D eigenvalue weighted by atomic mass is 16.5. The van der Waals surface area contributed by atoms with Crippen LogP contribution in [0.1, 0.15) is 56.7 Å². The first-order valence-corrected chi connectivity index (χ1v) is 11.5. The van der Waals surface area contributed by atoms with Crippen molar-refractivity contribution in [2.45, 2.75) is 66.6 Å². The lowest BCUT2D eigenvalue weighted by atomic mass is 9.99. The molecule has 164 valence electrons. The molecule has 3 rings (SSSR count). The molecule has 3 heteroatoms. The Labute approximate surface area is 184 Å². The van der Waals surface area contributed by atoms with Crippen molar-refractivity contribution in [3.8, 4) is 0 Å². The van der Waals surface area contributed by atoms with E-state index in [-0.39, 0.29) is 5.41 Å². The Balaban J connectivity index is 1.89. The predicted molar refractivity (Wildman–Crippen MR) is 128 cm³/mol. The van der Waals surface area contributed by atoms with Crippen LogP contribution in [0.15, 0.2) is 48.5 Å². The molecule has 2 aromatic carbocycles. The van der Waals surface area contributed by atoms with Gasteiger partial charge in [0.2, 0.25) is 0 Å². The first kappa shape index (κ1) is 22.8. The molecule has 0 spiro atoms. The highest BCUT2D eigenvalue weighted by Crippen LogP contribution is 2.31. The van der Waals surface area contributed by atoms with Crippen molar-refractivity contribution in [3.05, 3.63) is 65.2 Å². The number of hydrogen-bond acceptors (Lipinski definition) is 3. The summed E-state index contributed by atoms with van der Waals surface area (Å²) in [6, 6.07) is 17.6. The molecular weight excluding hydrogens is 368 g/mol. The summed E-state index contributed by atoms with van der Waals surface area (Å²) in [5.74, 6) is 0. The van der Waals surface area contributed by atoms with Gasteiger partial charge in [-0.3, -0.25) is 4.90 Å². The quantitative estimate of drug-likeness (QED) is 0.460. The average molecular weight is 409 g/mol. The van der Waals surface area contributed by atoms with E-state index in [0.717, 1.165) is 26.2 Å². The molecule has 0 radical (unpaired) electrons. The fourth-order valence-electron chi connectivity index (χ4n) is 4.51. The molecule has 3 nitrogen and oxygen atoms in total. The Morgan fingerprint density at radius 2 is 1.57 bits per heavy atom. The van der Waals surface area contributed by atoms with Crippen molar-refractivity contribution in [3.63, 3.8) is 0 Å². The summed E-state index contributed by atoms with van der Waals surface area (Å²) < 4.78 is 6.13. The van der Waals surface area contributed by atoms with Crippen LogP contribution < -0.4 is 4.90 Å². The van der Waals surface area contributed by atoms with E-state index in [1.165, 1.54) is 48.3 Å². The smallest absolute Gasteiger partial charge is 0.0846 e. The Morgan fingerprint density at radius 3 is 2.17 bits per heavy atom. The van der Waals surface area contributed by atoms with Gasteiger partial charge < -0.3 is 9.64 Å². The highest BCUT2D eigenvalue weighted by molar-refractivity contribution is 5.59. The molecule has 2 aromatic rings. The van der Waals surface area contributed by atoms with Gasteiger partial charge in [-0.05, 0) is 48.8 Å². The molecule has 1 heterocycles. The lowest BCUT2D eigenvalue weighted by Crippen LogP contribution is -2.48. The van der Waals surface area contributed by atoms with Crippen LogP contribution in [0.5, 0.6) is 0 Å². The molecule has 1 fully saturated rings. The van der Waals surface area contributed by atoms with Crippen LogP contribution in [0.3, 0.4) is 0 Å². The number of rotatable bonds is 9. The normalized spacial score (nSPS) is 16.0. The number of likely N-dealkylation sites (tertiary alicyclic amines) is 1. The summed E-state index contributed by atoms with van der Waals surface area (Å²) in [6.07, 6.45) is 3.97. The molecule has 1 atom stereocenters. The summed E-state index contributed by atoms with van der Waals surface area (Å²) in [5, 5.41) is 0. The van der Waals surface area contributed by atoms with E-state index in [9.17, 15) is 0 Å². The van der Waals surface area contributed by atoms with Gasteiger partial charge >= 0.3 is 0 Å². The van der Waals surface area contributed by atoms with Crippen LogP contribution in [-0.2, 0) is 11.3 Å². The van der Waals surface area contributed by atoms with Crippen molar-refractivity contribution in [2.75, 3.05) is 31.2 Å². The number of anilines is 1. The fourth-order valence-corrected chi connectivity index (χ4v) is 4.51. The van der Waals surface area contributed by atoms with Gasteiger partial charge in [0.15, 0.2) is 0 Å². The zero-order chi connectivity index (χ0) is 21.6. The minimum atomic E-state index is 0.208. The molecule has 0 N–H and O–H groups in total. The van der Waals surface area contributed by atoms with Crippen LogP contribution in [0.2, 0.25) is 0 Å². The summed E-state index contributed by atoms with van der Waals surface area (Å²) >= 11 is 0. The zero-order valence-electron chi connectivity index (χ0n) is 19.7. The topological polar surface area (TPSA) is 15.7 Å². The second-order valence-corrected chi connectivity index (χ2v) is 9.98. The Hall–Kier alpha value is -1.84. The second kappa shape index (κ2) is 10.5. The van der Waals surface area contributed by atoms with Gasteiger partial charge in [0.05, 0.1) is 12.8 Å². The molecule has 0 aromatic heterocycles. The fraction of sp³-hybridized carbons (Fsp3) is 0.556. The van der Waals surface area contributed by atoms with Gasteiger partial charge in [-0.25, -0.2) is 0 Å². The van der Waals surface area contributed by atoms with E-state index < -0.39 is 0 Å². The standard InChI is InChI=1S/C27H40N2O/c1-22-12-11-13-23(2)26(22)29(20-24-14-7-6-8-15-24)25(28-17-9-10-18-28)16-19-30-21-27(3,4)5/h6-8,11-15,25H,9-10,16-21H2,1-5H3. The number of hydrogen-bond donors (Lipinski definition) is 0. The summed E-state index contributed by atoms with van der Waals surface area (Å²) in [7, 11) is 0. The van der Waals surface area contributed by atoms with Crippen LogP contribution in [0, 0.1) is 19.3 Å². The van der Waals surface area contributed by atoms with Gasteiger partial charge in [-0.1, -0.05) is 69.3 Å². The number of aryl methyl sites for hydroxylation is 2. The van der Waals surface area contributed by atoms with Gasteiger partial charge in [0, 0.05) is 38.3 Å². The van der Waals surface area contributed by atoms with Crippen molar-refractivity contribution >= 4 is 5.69 Å². The number of nitrogens with zero attached hydrogens (tertiary/aromatic N) is 2. The first-order valence-electron chi connectivity index (χ1n) is 11.5. The lowest BCUT2D eigenvalue weighted by Gasteiger charge is -2.41. The van der Waals surface area contributed by atoms with Crippen LogP contribution in [-0.4, -0.2) is 37.4 Å². The molecule has 1 saturated heterocycles. The lowest BCUT2D eigenvalue weighted by molar-refractivity contribution is 0.0548. The largest absolute Gasteiger partial charge is 0.381 e.